The Labute approximate surface area is 154 Å². The van der Waals surface area contributed by atoms with Crippen LogP contribution < -0.4 is 5.32 Å². The van der Waals surface area contributed by atoms with E-state index in [2.05, 4.69) is 20.3 Å². The predicted octanol–water partition coefficient (Wildman–Crippen LogP) is 4.31. The third kappa shape index (κ3) is 3.18. The minimum atomic E-state index is -0.406. The highest BCUT2D eigenvalue weighted by atomic mass is 16.6. The summed E-state index contributed by atoms with van der Waals surface area (Å²) in [6.45, 7) is 0. The van der Waals surface area contributed by atoms with Gasteiger partial charge < -0.3 is 5.32 Å². The summed E-state index contributed by atoms with van der Waals surface area (Å²) in [5.41, 5.74) is 3.54. The van der Waals surface area contributed by atoms with Gasteiger partial charge in [-0.1, -0.05) is 6.07 Å². The van der Waals surface area contributed by atoms with Crippen molar-refractivity contribution in [3.63, 3.8) is 0 Å². The van der Waals surface area contributed by atoms with Gasteiger partial charge in [-0.05, 0) is 47.5 Å². The lowest BCUT2D eigenvalue weighted by molar-refractivity contribution is -0.384. The first-order valence-electron chi connectivity index (χ1n) is 8.30. The van der Waals surface area contributed by atoms with E-state index in [9.17, 15) is 10.1 Å². The largest absolute Gasteiger partial charge is 0.373 e. The molecule has 0 aliphatic carbocycles. The molecule has 27 heavy (non-hydrogen) atoms. The molecule has 0 amide bonds. The van der Waals surface area contributed by atoms with Crippen LogP contribution in [0.25, 0.3) is 33.4 Å². The van der Waals surface area contributed by atoms with Crippen LogP contribution in [0.2, 0.25) is 0 Å². The van der Waals surface area contributed by atoms with Gasteiger partial charge in [-0.2, -0.15) is 0 Å². The molecular formula is C20H15N5O2. The van der Waals surface area contributed by atoms with Crippen LogP contribution in [0.3, 0.4) is 0 Å². The second-order valence-electron chi connectivity index (χ2n) is 5.92. The number of anilines is 1. The Kier molecular flexibility index (Phi) is 4.18. The van der Waals surface area contributed by atoms with Crippen molar-refractivity contribution in [1.29, 1.82) is 0 Å². The van der Waals surface area contributed by atoms with Crippen LogP contribution in [0, 0.1) is 10.1 Å². The van der Waals surface area contributed by atoms with Crippen molar-refractivity contribution in [3.05, 3.63) is 77.1 Å². The van der Waals surface area contributed by atoms with Crippen LogP contribution in [0.5, 0.6) is 0 Å². The molecule has 0 aliphatic rings. The van der Waals surface area contributed by atoms with E-state index in [0.29, 0.717) is 11.6 Å². The number of non-ortho nitro benzene ring substituents is 1. The fraction of sp³-hybridized carbons (Fsp3) is 0.0500. The maximum Gasteiger partial charge on any atom is 0.269 e. The monoisotopic (exact) mass is 357 g/mol. The van der Waals surface area contributed by atoms with E-state index in [0.717, 1.165) is 27.6 Å². The Bertz CT molecular complexity index is 1130. The molecule has 0 radical (unpaired) electrons. The lowest BCUT2D eigenvalue weighted by Gasteiger charge is -2.10. The van der Waals surface area contributed by atoms with Crippen molar-refractivity contribution in [2.75, 3.05) is 12.4 Å². The Morgan fingerprint density at radius 1 is 0.963 bits per heavy atom. The summed E-state index contributed by atoms with van der Waals surface area (Å²) < 4.78 is 0. The zero-order chi connectivity index (χ0) is 18.8. The summed E-state index contributed by atoms with van der Waals surface area (Å²) in [7, 11) is 1.81. The predicted molar refractivity (Wildman–Crippen MR) is 104 cm³/mol. The molecule has 0 saturated carbocycles. The molecule has 2 aromatic heterocycles. The fourth-order valence-electron chi connectivity index (χ4n) is 2.90. The molecule has 2 aromatic carbocycles. The van der Waals surface area contributed by atoms with Crippen molar-refractivity contribution in [3.8, 4) is 22.5 Å². The van der Waals surface area contributed by atoms with Crippen LogP contribution in [-0.4, -0.2) is 26.9 Å². The lowest BCUT2D eigenvalue weighted by atomic mass is 10.0. The highest BCUT2D eigenvalue weighted by molar-refractivity contribution is 5.93. The number of fused-ring (bicyclic) bond motifs is 1. The number of nitrogens with zero attached hydrogens (tertiary/aromatic N) is 4. The number of hydrogen-bond donors (Lipinski definition) is 1. The molecule has 2 heterocycles. The number of nitro groups is 1. The maximum absolute atomic E-state index is 10.8. The molecular weight excluding hydrogens is 342 g/mol. The highest BCUT2D eigenvalue weighted by Crippen LogP contribution is 2.30. The Morgan fingerprint density at radius 2 is 1.74 bits per heavy atom. The van der Waals surface area contributed by atoms with Crippen LogP contribution >= 0.6 is 0 Å². The van der Waals surface area contributed by atoms with E-state index < -0.39 is 4.92 Å². The first kappa shape index (κ1) is 16.6. The van der Waals surface area contributed by atoms with Gasteiger partial charge in [0, 0.05) is 42.5 Å². The summed E-state index contributed by atoms with van der Waals surface area (Å²) in [6, 6.07) is 16.1. The quantitative estimate of drug-likeness (QED) is 0.432. The summed E-state index contributed by atoms with van der Waals surface area (Å²) in [5.74, 6) is 1.31. The molecule has 4 rings (SSSR count). The Morgan fingerprint density at radius 3 is 2.41 bits per heavy atom. The average molecular weight is 357 g/mol. The zero-order valence-electron chi connectivity index (χ0n) is 14.5. The number of rotatable bonds is 4. The first-order valence-corrected chi connectivity index (χ1v) is 8.30. The number of benzene rings is 2. The molecule has 0 aliphatic heterocycles. The molecule has 7 heteroatoms. The second kappa shape index (κ2) is 6.80. The molecule has 1 N–H and O–H groups in total. The van der Waals surface area contributed by atoms with Crippen molar-refractivity contribution in [2.45, 2.75) is 0 Å². The molecule has 0 bridgehead atoms. The Balaban J connectivity index is 1.81. The first-order chi connectivity index (χ1) is 13.2. The van der Waals surface area contributed by atoms with Gasteiger partial charge in [0.15, 0.2) is 5.82 Å². The van der Waals surface area contributed by atoms with Gasteiger partial charge in [-0.3, -0.25) is 15.1 Å². The summed E-state index contributed by atoms with van der Waals surface area (Å²) in [5, 5.41) is 14.8. The van der Waals surface area contributed by atoms with Gasteiger partial charge >= 0.3 is 0 Å². The van der Waals surface area contributed by atoms with Crippen LogP contribution in [0.1, 0.15) is 0 Å². The zero-order valence-corrected chi connectivity index (χ0v) is 14.5. The van der Waals surface area contributed by atoms with Crippen molar-refractivity contribution in [2.24, 2.45) is 0 Å². The highest BCUT2D eigenvalue weighted by Gasteiger charge is 2.11. The molecule has 0 unspecified atom stereocenters. The van der Waals surface area contributed by atoms with E-state index in [1.54, 1.807) is 24.5 Å². The molecule has 0 saturated heterocycles. The van der Waals surface area contributed by atoms with Crippen LogP contribution in [-0.2, 0) is 0 Å². The minimum absolute atomic E-state index is 0.0694. The van der Waals surface area contributed by atoms with Gasteiger partial charge in [-0.25, -0.2) is 9.97 Å². The number of nitro benzene ring substituents is 1. The van der Waals surface area contributed by atoms with Gasteiger partial charge in [0.25, 0.3) is 5.69 Å². The molecule has 0 spiro atoms. The SMILES string of the molecule is CNc1nc(-c2cccnc2)nc2ccc(-c3ccc([N+](=O)[O-])cc3)cc12. The minimum Gasteiger partial charge on any atom is -0.373 e. The summed E-state index contributed by atoms with van der Waals surface area (Å²) in [4.78, 5) is 23.8. The third-order valence-electron chi connectivity index (χ3n) is 4.26. The average Bonchev–Trinajstić information content (AvgIpc) is 2.73. The normalized spacial score (nSPS) is 10.7. The van der Waals surface area contributed by atoms with E-state index in [4.69, 9.17) is 0 Å². The number of nitrogens with one attached hydrogen (secondary N) is 1. The van der Waals surface area contributed by atoms with Gasteiger partial charge in [0.1, 0.15) is 5.82 Å². The molecule has 0 atom stereocenters. The van der Waals surface area contributed by atoms with E-state index in [-0.39, 0.29) is 5.69 Å². The number of pyridine rings is 1. The summed E-state index contributed by atoms with van der Waals surface area (Å²) in [6.07, 6.45) is 3.44. The lowest BCUT2D eigenvalue weighted by Crippen LogP contribution is -1.99. The second-order valence-corrected chi connectivity index (χ2v) is 5.92. The van der Waals surface area contributed by atoms with E-state index in [1.807, 2.05) is 37.4 Å². The van der Waals surface area contributed by atoms with Crippen LogP contribution in [0.15, 0.2) is 67.0 Å². The molecule has 7 nitrogen and oxygen atoms in total. The van der Waals surface area contributed by atoms with Crippen molar-refractivity contribution in [1.82, 2.24) is 15.0 Å². The van der Waals surface area contributed by atoms with Crippen molar-refractivity contribution >= 4 is 22.4 Å². The van der Waals surface area contributed by atoms with Gasteiger partial charge in [0.2, 0.25) is 0 Å². The fourth-order valence-corrected chi connectivity index (χ4v) is 2.90. The third-order valence-corrected chi connectivity index (χ3v) is 4.26. The van der Waals surface area contributed by atoms with Gasteiger partial charge in [-0.15, -0.1) is 0 Å². The molecule has 0 fully saturated rings. The topological polar surface area (TPSA) is 93.8 Å². The smallest absolute Gasteiger partial charge is 0.269 e. The number of aromatic nitrogens is 3. The molecule has 132 valence electrons. The van der Waals surface area contributed by atoms with Gasteiger partial charge in [0.05, 0.1) is 10.4 Å². The standard InChI is InChI=1S/C20H15N5O2/c1-21-20-17-11-14(13-4-7-16(8-5-13)25(26)27)6-9-18(17)23-19(24-20)15-3-2-10-22-12-15/h2-12H,1H3,(H,21,23,24). The van der Waals surface area contributed by atoms with E-state index in [1.165, 1.54) is 12.1 Å². The van der Waals surface area contributed by atoms with E-state index >= 15 is 0 Å². The Hall–Kier alpha value is -3.87. The number of hydrogen-bond acceptors (Lipinski definition) is 6. The van der Waals surface area contributed by atoms with Crippen molar-refractivity contribution < 1.29 is 4.92 Å². The summed E-state index contributed by atoms with van der Waals surface area (Å²) >= 11 is 0. The van der Waals surface area contributed by atoms with Crippen LogP contribution in [0.4, 0.5) is 11.5 Å². The molecule has 4 aromatic rings. The maximum atomic E-state index is 10.8.